The molecule has 0 radical (unpaired) electrons. The lowest BCUT2D eigenvalue weighted by Crippen LogP contribution is -2.49. The minimum Gasteiger partial charge on any atom is -0.459 e. The van der Waals surface area contributed by atoms with Crippen LogP contribution in [-0.2, 0) is 0 Å². The zero-order valence-electron chi connectivity index (χ0n) is 17.9. The first kappa shape index (κ1) is 21.0. The van der Waals surface area contributed by atoms with Gasteiger partial charge in [0.25, 0.3) is 5.91 Å². The van der Waals surface area contributed by atoms with E-state index in [-0.39, 0.29) is 11.2 Å². The van der Waals surface area contributed by atoms with E-state index in [1.165, 1.54) is 11.8 Å². The Hall–Kier alpha value is -2.90. The van der Waals surface area contributed by atoms with E-state index in [1.807, 2.05) is 4.90 Å². The molecule has 3 aromatic heterocycles. The number of fused-ring (bicyclic) bond motifs is 1. The van der Waals surface area contributed by atoms with E-state index in [1.54, 1.807) is 23.5 Å². The number of hydrogen-bond donors (Lipinski definition) is 0. The molecule has 1 aromatic carbocycles. The number of furan rings is 1. The molecule has 32 heavy (non-hydrogen) atoms. The van der Waals surface area contributed by atoms with Crippen LogP contribution in [0.2, 0.25) is 5.28 Å². The van der Waals surface area contributed by atoms with E-state index in [9.17, 15) is 4.79 Å². The molecular formula is C24H23ClN4O2S. The number of amides is 1. The third-order valence-electron chi connectivity index (χ3n) is 5.87. The Morgan fingerprint density at radius 1 is 1.09 bits per heavy atom. The van der Waals surface area contributed by atoms with Gasteiger partial charge >= 0.3 is 0 Å². The first-order chi connectivity index (χ1) is 15.5. The molecule has 0 bridgehead atoms. The molecule has 164 valence electrons. The third kappa shape index (κ3) is 3.87. The Balaban J connectivity index is 1.45. The molecule has 5 rings (SSSR count). The molecule has 8 heteroatoms. The predicted octanol–water partition coefficient (Wildman–Crippen LogP) is 5.69. The van der Waals surface area contributed by atoms with Crippen molar-refractivity contribution in [2.75, 3.05) is 31.1 Å². The van der Waals surface area contributed by atoms with Crippen molar-refractivity contribution in [3.8, 4) is 11.1 Å². The number of carbonyl (C=O) groups is 1. The minimum atomic E-state index is -0.0815. The van der Waals surface area contributed by atoms with Gasteiger partial charge in [0, 0.05) is 37.1 Å². The highest BCUT2D eigenvalue weighted by Gasteiger charge is 2.27. The van der Waals surface area contributed by atoms with Crippen molar-refractivity contribution in [1.82, 2.24) is 14.9 Å². The summed E-state index contributed by atoms with van der Waals surface area (Å²) in [6.07, 6.45) is 1.52. The van der Waals surface area contributed by atoms with Gasteiger partial charge in [-0.1, -0.05) is 38.1 Å². The zero-order chi connectivity index (χ0) is 22.2. The average molecular weight is 467 g/mol. The number of halogens is 1. The maximum Gasteiger partial charge on any atom is 0.289 e. The lowest BCUT2D eigenvalue weighted by Gasteiger charge is -2.35. The van der Waals surface area contributed by atoms with Gasteiger partial charge in [0.2, 0.25) is 5.28 Å². The highest BCUT2D eigenvalue weighted by atomic mass is 35.5. The normalized spacial score (nSPS) is 14.5. The fraction of sp³-hybridized carbons (Fsp3) is 0.292. The molecule has 0 atom stereocenters. The molecule has 0 aliphatic carbocycles. The molecule has 4 heterocycles. The lowest BCUT2D eigenvalue weighted by atomic mass is 9.99. The van der Waals surface area contributed by atoms with E-state index < -0.39 is 0 Å². The van der Waals surface area contributed by atoms with Gasteiger partial charge in [0.05, 0.1) is 11.6 Å². The van der Waals surface area contributed by atoms with Crippen LogP contribution in [0.5, 0.6) is 0 Å². The smallest absolute Gasteiger partial charge is 0.289 e. The van der Waals surface area contributed by atoms with Crippen molar-refractivity contribution >= 4 is 44.9 Å². The summed E-state index contributed by atoms with van der Waals surface area (Å²) in [5.74, 6) is 1.60. The fourth-order valence-electron chi connectivity index (χ4n) is 4.06. The molecule has 6 nitrogen and oxygen atoms in total. The number of carbonyl (C=O) groups excluding carboxylic acids is 1. The topological polar surface area (TPSA) is 62.5 Å². The van der Waals surface area contributed by atoms with E-state index >= 15 is 0 Å². The van der Waals surface area contributed by atoms with Gasteiger partial charge in [0.15, 0.2) is 5.76 Å². The van der Waals surface area contributed by atoms with Crippen LogP contribution in [0.3, 0.4) is 0 Å². The molecule has 1 aliphatic rings. The van der Waals surface area contributed by atoms with Crippen LogP contribution in [0.4, 0.5) is 5.82 Å². The van der Waals surface area contributed by atoms with E-state index in [2.05, 4.69) is 58.4 Å². The molecule has 1 fully saturated rings. The van der Waals surface area contributed by atoms with Crippen LogP contribution in [-0.4, -0.2) is 47.0 Å². The van der Waals surface area contributed by atoms with Gasteiger partial charge in [-0.25, -0.2) is 4.98 Å². The monoisotopic (exact) mass is 466 g/mol. The first-order valence-electron chi connectivity index (χ1n) is 10.6. The number of thiophene rings is 1. The molecule has 0 unspecified atom stereocenters. The molecule has 0 saturated carbocycles. The van der Waals surface area contributed by atoms with Crippen molar-refractivity contribution in [2.24, 2.45) is 0 Å². The molecule has 1 amide bonds. The summed E-state index contributed by atoms with van der Waals surface area (Å²) in [4.78, 5) is 26.6. The Labute approximate surface area is 195 Å². The van der Waals surface area contributed by atoms with E-state index in [0.717, 1.165) is 27.2 Å². The van der Waals surface area contributed by atoms with Crippen LogP contribution in [0.25, 0.3) is 21.3 Å². The largest absolute Gasteiger partial charge is 0.459 e. The summed E-state index contributed by atoms with van der Waals surface area (Å²) >= 11 is 7.86. The Morgan fingerprint density at radius 2 is 1.84 bits per heavy atom. The summed E-state index contributed by atoms with van der Waals surface area (Å²) in [7, 11) is 0. The second-order valence-corrected chi connectivity index (χ2v) is 9.38. The number of aromatic nitrogens is 2. The highest BCUT2D eigenvalue weighted by Crippen LogP contribution is 2.39. The van der Waals surface area contributed by atoms with Gasteiger partial charge in [-0.3, -0.25) is 4.79 Å². The van der Waals surface area contributed by atoms with Crippen LogP contribution < -0.4 is 4.90 Å². The SMILES string of the molecule is CC(C)c1ccc(-c2csc3nc(Cl)nc(N4CCN(C(=O)c5ccco5)CC4)c23)cc1. The summed E-state index contributed by atoms with van der Waals surface area (Å²) < 4.78 is 5.27. The molecule has 1 saturated heterocycles. The minimum absolute atomic E-state index is 0.0815. The zero-order valence-corrected chi connectivity index (χ0v) is 19.5. The molecule has 1 aliphatic heterocycles. The summed E-state index contributed by atoms with van der Waals surface area (Å²) in [5, 5.41) is 3.38. The third-order valence-corrected chi connectivity index (χ3v) is 6.92. The van der Waals surface area contributed by atoms with Gasteiger partial charge < -0.3 is 14.2 Å². The van der Waals surface area contributed by atoms with Gasteiger partial charge in [-0.05, 0) is 40.8 Å². The lowest BCUT2D eigenvalue weighted by molar-refractivity contribution is 0.0714. The maximum absolute atomic E-state index is 12.6. The quantitative estimate of drug-likeness (QED) is 0.361. The Bertz CT molecular complexity index is 1240. The van der Waals surface area contributed by atoms with Crippen molar-refractivity contribution in [1.29, 1.82) is 0 Å². The number of benzene rings is 1. The maximum atomic E-state index is 12.6. The molecule has 4 aromatic rings. The van der Waals surface area contributed by atoms with Crippen molar-refractivity contribution in [2.45, 2.75) is 19.8 Å². The fourth-order valence-corrected chi connectivity index (χ4v) is 5.22. The number of piperazine rings is 1. The first-order valence-corrected chi connectivity index (χ1v) is 11.9. The molecule has 0 spiro atoms. The van der Waals surface area contributed by atoms with E-state index in [0.29, 0.717) is 37.9 Å². The number of nitrogens with zero attached hydrogens (tertiary/aromatic N) is 4. The summed E-state index contributed by atoms with van der Waals surface area (Å²) in [6, 6.07) is 12.1. The molecular weight excluding hydrogens is 444 g/mol. The highest BCUT2D eigenvalue weighted by molar-refractivity contribution is 7.17. The van der Waals surface area contributed by atoms with Gasteiger partial charge in [-0.2, -0.15) is 4.98 Å². The van der Waals surface area contributed by atoms with Crippen LogP contribution >= 0.6 is 22.9 Å². The van der Waals surface area contributed by atoms with E-state index in [4.69, 9.17) is 16.0 Å². The van der Waals surface area contributed by atoms with Crippen molar-refractivity contribution < 1.29 is 9.21 Å². The molecule has 0 N–H and O–H groups in total. The Morgan fingerprint density at radius 3 is 2.50 bits per heavy atom. The number of anilines is 1. The Kier molecular flexibility index (Phi) is 5.61. The van der Waals surface area contributed by atoms with Gasteiger partial charge in [0.1, 0.15) is 10.6 Å². The second kappa shape index (κ2) is 8.56. The average Bonchev–Trinajstić information content (AvgIpc) is 3.48. The summed E-state index contributed by atoms with van der Waals surface area (Å²) in [5.41, 5.74) is 3.56. The van der Waals surface area contributed by atoms with Crippen molar-refractivity contribution in [3.05, 3.63) is 64.6 Å². The number of hydrogen-bond acceptors (Lipinski definition) is 6. The number of rotatable bonds is 4. The van der Waals surface area contributed by atoms with Crippen LogP contribution in [0, 0.1) is 0 Å². The van der Waals surface area contributed by atoms with Crippen LogP contribution in [0.15, 0.2) is 52.5 Å². The standard InChI is InChI=1S/C24H23ClN4O2S/c1-15(2)16-5-7-17(8-6-16)18-14-32-22-20(18)21(26-24(25)27-22)28-9-11-29(12-10-28)23(30)19-4-3-13-31-19/h3-8,13-15H,9-12H2,1-2H3. The van der Waals surface area contributed by atoms with Gasteiger partial charge in [-0.15, -0.1) is 11.3 Å². The van der Waals surface area contributed by atoms with Crippen LogP contribution in [0.1, 0.15) is 35.9 Å². The second-order valence-electron chi connectivity index (χ2n) is 8.18. The predicted molar refractivity (Wildman–Crippen MR) is 129 cm³/mol. The van der Waals surface area contributed by atoms with Crippen molar-refractivity contribution in [3.63, 3.8) is 0 Å². The summed E-state index contributed by atoms with van der Waals surface area (Å²) in [6.45, 7) is 6.89.